The van der Waals surface area contributed by atoms with E-state index in [1.165, 1.54) is 31.2 Å². The van der Waals surface area contributed by atoms with Crippen molar-refractivity contribution >= 4 is 9.84 Å². The zero-order valence-electron chi connectivity index (χ0n) is 13.0. The Morgan fingerprint density at radius 3 is 2.00 bits per heavy atom. The van der Waals surface area contributed by atoms with Crippen LogP contribution in [0.15, 0.2) is 47.4 Å². The number of hydrogen-bond acceptors (Lipinski definition) is 3. The van der Waals surface area contributed by atoms with Gasteiger partial charge in [-0.15, -0.1) is 0 Å². The number of rotatable bonds is 4. The average Bonchev–Trinajstić information content (AvgIpc) is 2.46. The quantitative estimate of drug-likeness (QED) is 0.923. The minimum absolute atomic E-state index is 0.145. The van der Waals surface area contributed by atoms with E-state index in [0.29, 0.717) is 0 Å². The van der Waals surface area contributed by atoms with E-state index in [9.17, 15) is 22.3 Å². The first kappa shape index (κ1) is 17.6. The fourth-order valence-corrected chi connectivity index (χ4v) is 3.79. The Kier molecular flexibility index (Phi) is 4.59. The molecule has 0 radical (unpaired) electrons. The van der Waals surface area contributed by atoms with Gasteiger partial charge in [0.15, 0.2) is 6.10 Å². The van der Waals surface area contributed by atoms with Gasteiger partial charge in [0.2, 0.25) is 9.84 Å². The number of alkyl halides is 2. The van der Waals surface area contributed by atoms with Gasteiger partial charge in [-0.1, -0.05) is 47.5 Å². The number of sulfone groups is 1. The Hall–Kier alpha value is -1.79. The molecule has 1 atom stereocenters. The minimum atomic E-state index is -5.03. The third kappa shape index (κ3) is 3.14. The molecule has 1 unspecified atom stereocenters. The summed E-state index contributed by atoms with van der Waals surface area (Å²) in [7, 11) is -5.03. The standard InChI is InChI=1S/C17H18F2O3S/c1-11-4-7-14(8-5-11)16(20)17(18,19)23(21,22)15-9-6-12(2)10-13(15)3/h4-10,16,20H,1-3H3. The lowest BCUT2D eigenvalue weighted by atomic mass is 10.1. The maximum absolute atomic E-state index is 14.5. The molecule has 0 fully saturated rings. The Morgan fingerprint density at radius 1 is 0.957 bits per heavy atom. The molecular formula is C17H18F2O3S. The van der Waals surface area contributed by atoms with Gasteiger partial charge < -0.3 is 5.11 Å². The highest BCUT2D eigenvalue weighted by atomic mass is 32.2. The normalized spacial score (nSPS) is 13.8. The van der Waals surface area contributed by atoms with E-state index in [0.717, 1.165) is 17.2 Å². The molecule has 0 heterocycles. The van der Waals surface area contributed by atoms with Gasteiger partial charge in [0.05, 0.1) is 4.90 Å². The summed E-state index contributed by atoms with van der Waals surface area (Å²) in [5.41, 5.74) is 1.67. The topological polar surface area (TPSA) is 54.4 Å². The van der Waals surface area contributed by atoms with Gasteiger partial charge in [0, 0.05) is 0 Å². The second-order valence-corrected chi connectivity index (χ2v) is 7.64. The largest absolute Gasteiger partial charge is 0.381 e. The molecule has 0 aromatic heterocycles. The number of halogens is 2. The Morgan fingerprint density at radius 2 is 1.48 bits per heavy atom. The summed E-state index contributed by atoms with van der Waals surface area (Å²) in [6.45, 7) is 4.96. The van der Waals surface area contributed by atoms with Crippen molar-refractivity contribution in [3.63, 3.8) is 0 Å². The lowest BCUT2D eigenvalue weighted by Gasteiger charge is -2.24. The van der Waals surface area contributed by atoms with Crippen LogP contribution in [-0.4, -0.2) is 18.8 Å². The van der Waals surface area contributed by atoms with Crippen LogP contribution in [0.1, 0.15) is 28.4 Å². The van der Waals surface area contributed by atoms with E-state index >= 15 is 0 Å². The van der Waals surface area contributed by atoms with Crippen LogP contribution in [0, 0.1) is 20.8 Å². The van der Waals surface area contributed by atoms with Crippen molar-refractivity contribution in [3.8, 4) is 0 Å². The second kappa shape index (κ2) is 6.02. The fraction of sp³-hybridized carbons (Fsp3) is 0.294. The molecule has 3 nitrogen and oxygen atoms in total. The maximum Gasteiger partial charge on any atom is 0.379 e. The highest BCUT2D eigenvalue weighted by molar-refractivity contribution is 7.92. The Bertz CT molecular complexity index is 812. The molecule has 0 spiro atoms. The van der Waals surface area contributed by atoms with Crippen LogP contribution in [0.3, 0.4) is 0 Å². The molecule has 1 N–H and O–H groups in total. The summed E-state index contributed by atoms with van der Waals surface area (Å²) in [4.78, 5) is -0.473. The van der Waals surface area contributed by atoms with Crippen molar-refractivity contribution < 1.29 is 22.3 Å². The number of hydrogen-bond donors (Lipinski definition) is 1. The molecule has 2 aromatic rings. The lowest BCUT2D eigenvalue weighted by molar-refractivity contribution is -0.0434. The molecule has 2 aromatic carbocycles. The van der Waals surface area contributed by atoms with Gasteiger partial charge >= 0.3 is 5.25 Å². The fourth-order valence-electron chi connectivity index (χ4n) is 2.34. The Labute approximate surface area is 134 Å². The molecule has 6 heteroatoms. The van der Waals surface area contributed by atoms with Gasteiger partial charge in [-0.2, -0.15) is 8.78 Å². The third-order valence-electron chi connectivity index (χ3n) is 3.69. The van der Waals surface area contributed by atoms with Crippen LogP contribution < -0.4 is 0 Å². The molecule has 0 aliphatic carbocycles. The van der Waals surface area contributed by atoms with E-state index in [1.54, 1.807) is 26.0 Å². The van der Waals surface area contributed by atoms with Crippen molar-refractivity contribution in [1.29, 1.82) is 0 Å². The number of benzene rings is 2. The summed E-state index contributed by atoms with van der Waals surface area (Å²) in [5.74, 6) is 0. The van der Waals surface area contributed by atoms with Gasteiger partial charge in [-0.05, 0) is 38.0 Å². The first-order valence-corrected chi connectivity index (χ1v) is 8.50. The predicted molar refractivity (Wildman–Crippen MR) is 84.2 cm³/mol. The molecule has 0 aliphatic heterocycles. The summed E-state index contributed by atoms with van der Waals surface area (Å²) in [5, 5.41) is 5.62. The van der Waals surface area contributed by atoms with Crippen molar-refractivity contribution in [2.75, 3.05) is 0 Å². The van der Waals surface area contributed by atoms with Crippen LogP contribution in [0.2, 0.25) is 0 Å². The van der Waals surface area contributed by atoms with Crippen LogP contribution in [0.5, 0.6) is 0 Å². The molecule has 2 rings (SSSR count). The first-order chi connectivity index (χ1) is 10.6. The monoisotopic (exact) mass is 340 g/mol. The van der Waals surface area contributed by atoms with E-state index in [-0.39, 0.29) is 11.1 Å². The summed E-state index contributed by atoms with van der Waals surface area (Å²) >= 11 is 0. The number of aryl methyl sites for hydroxylation is 3. The van der Waals surface area contributed by atoms with E-state index in [2.05, 4.69) is 0 Å². The van der Waals surface area contributed by atoms with E-state index in [1.807, 2.05) is 0 Å². The second-order valence-electron chi connectivity index (χ2n) is 5.65. The van der Waals surface area contributed by atoms with Crippen molar-refractivity contribution in [2.45, 2.75) is 37.0 Å². The molecule has 0 aliphatic rings. The number of aliphatic hydroxyl groups excluding tert-OH is 1. The van der Waals surface area contributed by atoms with Crippen LogP contribution in [0.25, 0.3) is 0 Å². The van der Waals surface area contributed by atoms with Gasteiger partial charge in [0.25, 0.3) is 0 Å². The van der Waals surface area contributed by atoms with Crippen molar-refractivity contribution in [3.05, 3.63) is 64.7 Å². The average molecular weight is 340 g/mol. The van der Waals surface area contributed by atoms with Crippen LogP contribution in [-0.2, 0) is 9.84 Å². The lowest BCUT2D eigenvalue weighted by Crippen LogP contribution is -2.36. The highest BCUT2D eigenvalue weighted by Crippen LogP contribution is 2.40. The SMILES string of the molecule is Cc1ccc(C(O)C(F)(F)S(=O)(=O)c2ccc(C)cc2C)cc1. The van der Waals surface area contributed by atoms with Crippen molar-refractivity contribution in [1.82, 2.24) is 0 Å². The van der Waals surface area contributed by atoms with E-state index in [4.69, 9.17) is 0 Å². The molecule has 0 bridgehead atoms. The van der Waals surface area contributed by atoms with E-state index < -0.39 is 26.1 Å². The molecule has 0 saturated carbocycles. The van der Waals surface area contributed by atoms with Gasteiger partial charge in [0.1, 0.15) is 0 Å². The summed E-state index contributed by atoms with van der Waals surface area (Å²) in [6.07, 6.45) is -2.44. The van der Waals surface area contributed by atoms with Crippen LogP contribution in [0.4, 0.5) is 8.78 Å². The third-order valence-corrected chi connectivity index (χ3v) is 5.67. The zero-order chi connectivity index (χ0) is 17.4. The smallest absolute Gasteiger partial charge is 0.379 e. The predicted octanol–water partition coefficient (Wildman–Crippen LogP) is 3.71. The first-order valence-electron chi connectivity index (χ1n) is 7.01. The Balaban J connectivity index is 2.49. The molecule has 23 heavy (non-hydrogen) atoms. The molecule has 0 amide bonds. The summed E-state index contributed by atoms with van der Waals surface area (Å²) in [6, 6.07) is 9.79. The van der Waals surface area contributed by atoms with Crippen molar-refractivity contribution in [2.24, 2.45) is 0 Å². The molecule has 124 valence electrons. The van der Waals surface area contributed by atoms with Gasteiger partial charge in [-0.25, -0.2) is 8.42 Å². The molecular weight excluding hydrogens is 322 g/mol. The number of aliphatic hydroxyl groups is 1. The maximum atomic E-state index is 14.5. The van der Waals surface area contributed by atoms with Crippen LogP contribution >= 0.6 is 0 Å². The minimum Gasteiger partial charge on any atom is -0.381 e. The summed E-state index contributed by atoms with van der Waals surface area (Å²) < 4.78 is 53.7. The highest BCUT2D eigenvalue weighted by Gasteiger charge is 2.53. The molecule has 0 saturated heterocycles. The van der Waals surface area contributed by atoms with Gasteiger partial charge in [-0.3, -0.25) is 0 Å². The zero-order valence-corrected chi connectivity index (χ0v) is 13.9.